The lowest BCUT2D eigenvalue weighted by molar-refractivity contribution is 0.207. The molecule has 1 heterocycles. The number of urea groups is 1. The predicted molar refractivity (Wildman–Crippen MR) is 83.5 cm³/mol. The van der Waals surface area contributed by atoms with Crippen molar-refractivity contribution in [3.05, 3.63) is 29.0 Å². The van der Waals surface area contributed by atoms with E-state index in [1.807, 2.05) is 4.90 Å². The van der Waals surface area contributed by atoms with Crippen molar-refractivity contribution in [3.63, 3.8) is 0 Å². The van der Waals surface area contributed by atoms with E-state index in [1.165, 1.54) is 12.1 Å². The zero-order chi connectivity index (χ0) is 15.4. The molecule has 0 aromatic heterocycles. The Kier molecular flexibility index (Phi) is 5.42. The highest BCUT2D eigenvalue weighted by molar-refractivity contribution is 6.31. The van der Waals surface area contributed by atoms with Gasteiger partial charge in [0.2, 0.25) is 0 Å². The second-order valence-electron chi connectivity index (χ2n) is 5.05. The van der Waals surface area contributed by atoms with Gasteiger partial charge in [0, 0.05) is 31.9 Å². The fourth-order valence-corrected chi connectivity index (χ4v) is 2.66. The van der Waals surface area contributed by atoms with E-state index in [0.29, 0.717) is 25.3 Å². The van der Waals surface area contributed by atoms with E-state index >= 15 is 0 Å². The summed E-state index contributed by atoms with van der Waals surface area (Å²) in [7, 11) is 0. The maximum atomic E-state index is 13.2. The van der Waals surface area contributed by atoms with Gasteiger partial charge in [-0.1, -0.05) is 25.4 Å². The molecule has 0 radical (unpaired) electrons. The third kappa shape index (κ3) is 3.66. The first-order chi connectivity index (χ1) is 10.1. The maximum Gasteiger partial charge on any atom is 0.324 e. The Morgan fingerprint density at radius 2 is 2.00 bits per heavy atom. The highest BCUT2D eigenvalue weighted by atomic mass is 35.5. The van der Waals surface area contributed by atoms with Crippen molar-refractivity contribution < 1.29 is 9.18 Å². The molecule has 1 aliphatic rings. The molecule has 0 saturated carbocycles. The molecule has 1 saturated heterocycles. The number of hydrogen-bond donors (Lipinski definition) is 0. The summed E-state index contributed by atoms with van der Waals surface area (Å²) in [5.74, 6) is -0.467. The molecule has 2 amide bonds. The lowest BCUT2D eigenvalue weighted by Gasteiger charge is -2.23. The number of rotatable bonds is 6. The number of nitrogens with zero attached hydrogens (tertiary/aromatic N) is 3. The molecule has 116 valence electrons. The molecule has 21 heavy (non-hydrogen) atoms. The van der Waals surface area contributed by atoms with Crippen LogP contribution < -0.4 is 4.90 Å². The van der Waals surface area contributed by atoms with Crippen LogP contribution in [0.5, 0.6) is 0 Å². The third-order valence-electron chi connectivity index (χ3n) is 3.89. The van der Waals surface area contributed by atoms with Crippen molar-refractivity contribution >= 4 is 23.3 Å². The number of carbonyl (C=O) groups is 1. The van der Waals surface area contributed by atoms with Gasteiger partial charge in [-0.05, 0) is 31.3 Å². The standard InChI is InChI=1S/C15H21ClFN3O/c1-3-18(4-2)7-8-19-9-10-20(15(19)21)12-5-6-14(17)13(16)11-12/h5-6,11H,3-4,7-10H2,1-2H3. The van der Waals surface area contributed by atoms with E-state index in [1.54, 1.807) is 11.0 Å². The molecular formula is C15H21ClFN3O. The zero-order valence-electron chi connectivity index (χ0n) is 12.5. The minimum Gasteiger partial charge on any atom is -0.321 e. The normalized spacial score (nSPS) is 15.4. The number of anilines is 1. The van der Waals surface area contributed by atoms with E-state index < -0.39 is 5.82 Å². The molecule has 1 aromatic rings. The van der Waals surface area contributed by atoms with Gasteiger partial charge in [0.15, 0.2) is 0 Å². The average Bonchev–Trinajstić information content (AvgIpc) is 2.84. The van der Waals surface area contributed by atoms with Gasteiger partial charge in [0.25, 0.3) is 0 Å². The second-order valence-corrected chi connectivity index (χ2v) is 5.45. The molecule has 1 aliphatic heterocycles. The van der Waals surface area contributed by atoms with Gasteiger partial charge in [-0.2, -0.15) is 0 Å². The Balaban J connectivity index is 1.99. The van der Waals surface area contributed by atoms with Crippen LogP contribution in [-0.2, 0) is 0 Å². The van der Waals surface area contributed by atoms with Crippen LogP contribution in [0.2, 0.25) is 5.02 Å². The SMILES string of the molecule is CCN(CC)CCN1CCN(c2ccc(F)c(Cl)c2)C1=O. The van der Waals surface area contributed by atoms with E-state index in [9.17, 15) is 9.18 Å². The summed E-state index contributed by atoms with van der Waals surface area (Å²) in [4.78, 5) is 18.1. The first kappa shape index (κ1) is 16.0. The quantitative estimate of drug-likeness (QED) is 0.807. The minimum atomic E-state index is -0.467. The molecular weight excluding hydrogens is 293 g/mol. The summed E-state index contributed by atoms with van der Waals surface area (Å²) in [6.07, 6.45) is 0. The minimum absolute atomic E-state index is 0.0372. The summed E-state index contributed by atoms with van der Waals surface area (Å²) in [5, 5.41) is 0.0434. The van der Waals surface area contributed by atoms with Crippen LogP contribution in [-0.4, -0.2) is 55.1 Å². The molecule has 1 aromatic carbocycles. The lowest BCUT2D eigenvalue weighted by atomic mass is 10.3. The van der Waals surface area contributed by atoms with Crippen LogP contribution in [0.1, 0.15) is 13.8 Å². The number of likely N-dealkylation sites (N-methyl/N-ethyl adjacent to an activating group) is 1. The Labute approximate surface area is 130 Å². The first-order valence-electron chi connectivity index (χ1n) is 7.30. The number of hydrogen-bond acceptors (Lipinski definition) is 2. The van der Waals surface area contributed by atoms with E-state index in [0.717, 1.165) is 19.6 Å². The van der Waals surface area contributed by atoms with Crippen LogP contribution in [0.25, 0.3) is 0 Å². The van der Waals surface area contributed by atoms with Gasteiger partial charge in [-0.25, -0.2) is 9.18 Å². The molecule has 2 rings (SSSR count). The summed E-state index contributed by atoms with van der Waals surface area (Å²) >= 11 is 5.78. The summed E-state index contributed by atoms with van der Waals surface area (Å²) in [5.41, 5.74) is 0.650. The van der Waals surface area contributed by atoms with Crippen molar-refractivity contribution in [1.82, 2.24) is 9.80 Å². The van der Waals surface area contributed by atoms with Crippen LogP contribution in [0.15, 0.2) is 18.2 Å². The Morgan fingerprint density at radius 3 is 2.62 bits per heavy atom. The molecule has 0 N–H and O–H groups in total. The topological polar surface area (TPSA) is 26.8 Å². The molecule has 1 fully saturated rings. The number of benzene rings is 1. The molecule has 0 spiro atoms. The summed E-state index contributed by atoms with van der Waals surface area (Å²) in [6, 6.07) is 4.35. The van der Waals surface area contributed by atoms with Crippen molar-refractivity contribution in [3.8, 4) is 0 Å². The van der Waals surface area contributed by atoms with Gasteiger partial charge >= 0.3 is 6.03 Å². The summed E-state index contributed by atoms with van der Waals surface area (Å²) in [6.45, 7) is 9.08. The van der Waals surface area contributed by atoms with Crippen molar-refractivity contribution in [2.75, 3.05) is 44.2 Å². The smallest absolute Gasteiger partial charge is 0.321 e. The fourth-order valence-electron chi connectivity index (χ4n) is 2.48. The number of carbonyl (C=O) groups excluding carboxylic acids is 1. The maximum absolute atomic E-state index is 13.2. The highest BCUT2D eigenvalue weighted by Gasteiger charge is 2.29. The molecule has 0 atom stereocenters. The average molecular weight is 314 g/mol. The van der Waals surface area contributed by atoms with E-state index in [2.05, 4.69) is 18.7 Å². The van der Waals surface area contributed by atoms with Crippen LogP contribution in [0, 0.1) is 5.82 Å². The third-order valence-corrected chi connectivity index (χ3v) is 4.18. The highest BCUT2D eigenvalue weighted by Crippen LogP contribution is 2.25. The molecule has 0 aliphatic carbocycles. The largest absolute Gasteiger partial charge is 0.324 e. The number of amides is 2. The van der Waals surface area contributed by atoms with Gasteiger partial charge in [-0.15, -0.1) is 0 Å². The van der Waals surface area contributed by atoms with Gasteiger partial charge in [0.1, 0.15) is 5.82 Å². The fraction of sp³-hybridized carbons (Fsp3) is 0.533. The summed E-state index contributed by atoms with van der Waals surface area (Å²) < 4.78 is 13.2. The first-order valence-corrected chi connectivity index (χ1v) is 7.68. The van der Waals surface area contributed by atoms with E-state index in [-0.39, 0.29) is 11.1 Å². The van der Waals surface area contributed by atoms with Gasteiger partial charge in [0.05, 0.1) is 5.02 Å². The van der Waals surface area contributed by atoms with Crippen molar-refractivity contribution in [2.24, 2.45) is 0 Å². The predicted octanol–water partition coefficient (Wildman–Crippen LogP) is 3.06. The van der Waals surface area contributed by atoms with Crippen molar-refractivity contribution in [1.29, 1.82) is 0 Å². The van der Waals surface area contributed by atoms with E-state index in [4.69, 9.17) is 11.6 Å². The molecule has 4 nitrogen and oxygen atoms in total. The molecule has 0 bridgehead atoms. The van der Waals surface area contributed by atoms with Crippen molar-refractivity contribution in [2.45, 2.75) is 13.8 Å². The monoisotopic (exact) mass is 313 g/mol. The zero-order valence-corrected chi connectivity index (χ0v) is 13.2. The molecule has 0 unspecified atom stereocenters. The lowest BCUT2D eigenvalue weighted by Crippen LogP contribution is -2.38. The Hall–Kier alpha value is -1.33. The van der Waals surface area contributed by atoms with Gasteiger partial charge in [-0.3, -0.25) is 4.90 Å². The van der Waals surface area contributed by atoms with Gasteiger partial charge < -0.3 is 9.80 Å². The Bertz CT molecular complexity index is 508. The Morgan fingerprint density at radius 1 is 1.29 bits per heavy atom. The molecule has 6 heteroatoms. The second kappa shape index (κ2) is 7.09. The van der Waals surface area contributed by atoms with Crippen LogP contribution in [0.4, 0.5) is 14.9 Å². The van der Waals surface area contributed by atoms with Crippen LogP contribution >= 0.6 is 11.6 Å². The van der Waals surface area contributed by atoms with Crippen LogP contribution in [0.3, 0.4) is 0 Å². The number of halogens is 2.